The maximum atomic E-state index is 6.29. The quantitative estimate of drug-likeness (QED) is 0.800. The van der Waals surface area contributed by atoms with E-state index in [1.54, 1.807) is 0 Å². The van der Waals surface area contributed by atoms with Gasteiger partial charge in [0.1, 0.15) is 0 Å². The van der Waals surface area contributed by atoms with Crippen molar-refractivity contribution in [2.24, 2.45) is 5.41 Å². The van der Waals surface area contributed by atoms with Gasteiger partial charge < -0.3 is 10.1 Å². The molecule has 2 nitrogen and oxygen atoms in total. The van der Waals surface area contributed by atoms with Gasteiger partial charge in [0.2, 0.25) is 0 Å². The first-order valence-corrected chi connectivity index (χ1v) is 8.68. The molecule has 0 heterocycles. The molecule has 2 aliphatic rings. The second-order valence-corrected chi connectivity index (χ2v) is 6.82. The summed E-state index contributed by atoms with van der Waals surface area (Å²) in [6.45, 7) is 0.914. The molecule has 1 aromatic carbocycles. The number of benzene rings is 1. The first-order chi connectivity index (χ1) is 10.3. The number of aryl methyl sites for hydroxylation is 1. The van der Waals surface area contributed by atoms with Crippen molar-refractivity contribution in [1.29, 1.82) is 0 Å². The van der Waals surface area contributed by atoms with Crippen LogP contribution in [0.1, 0.15) is 50.5 Å². The Hall–Kier alpha value is -0.860. The molecule has 0 amide bonds. The minimum absolute atomic E-state index is 0.458. The van der Waals surface area contributed by atoms with E-state index in [1.807, 2.05) is 0 Å². The van der Waals surface area contributed by atoms with Crippen LogP contribution in [-0.4, -0.2) is 25.8 Å². The molecule has 2 saturated carbocycles. The molecule has 2 fully saturated rings. The fourth-order valence-electron chi connectivity index (χ4n) is 4.41. The lowest BCUT2D eigenvalue weighted by atomic mass is 9.55. The van der Waals surface area contributed by atoms with Crippen LogP contribution in [0.3, 0.4) is 0 Å². The van der Waals surface area contributed by atoms with E-state index in [0.717, 1.165) is 19.4 Å². The fourth-order valence-corrected chi connectivity index (χ4v) is 4.41. The van der Waals surface area contributed by atoms with Gasteiger partial charge >= 0.3 is 0 Å². The van der Waals surface area contributed by atoms with Crippen molar-refractivity contribution in [3.8, 4) is 0 Å². The van der Waals surface area contributed by atoms with Crippen molar-refractivity contribution in [2.75, 3.05) is 13.7 Å². The summed E-state index contributed by atoms with van der Waals surface area (Å²) in [5.74, 6) is 0. The molecule has 1 aromatic rings. The number of hydrogen-bond acceptors (Lipinski definition) is 2. The average molecular weight is 287 g/mol. The van der Waals surface area contributed by atoms with Crippen LogP contribution in [-0.2, 0) is 11.2 Å². The molecule has 2 atom stereocenters. The summed E-state index contributed by atoms with van der Waals surface area (Å²) in [7, 11) is 2.12. The van der Waals surface area contributed by atoms with Gasteiger partial charge in [0.05, 0.1) is 6.10 Å². The van der Waals surface area contributed by atoms with Crippen LogP contribution in [0.5, 0.6) is 0 Å². The largest absolute Gasteiger partial charge is 0.378 e. The van der Waals surface area contributed by atoms with E-state index in [4.69, 9.17) is 4.74 Å². The lowest BCUT2D eigenvalue weighted by Gasteiger charge is -2.57. The highest BCUT2D eigenvalue weighted by Gasteiger charge is 2.54. The van der Waals surface area contributed by atoms with E-state index in [2.05, 4.69) is 42.7 Å². The zero-order valence-electron chi connectivity index (χ0n) is 13.3. The molecule has 2 aliphatic carbocycles. The van der Waals surface area contributed by atoms with Crippen molar-refractivity contribution >= 4 is 0 Å². The molecule has 2 heteroatoms. The third kappa shape index (κ3) is 3.17. The van der Waals surface area contributed by atoms with Crippen molar-refractivity contribution < 1.29 is 4.74 Å². The van der Waals surface area contributed by atoms with Crippen molar-refractivity contribution in [2.45, 2.75) is 63.5 Å². The second-order valence-electron chi connectivity index (χ2n) is 6.82. The lowest BCUT2D eigenvalue weighted by molar-refractivity contribution is -0.151. The summed E-state index contributed by atoms with van der Waals surface area (Å²) < 4.78 is 6.29. The van der Waals surface area contributed by atoms with Crippen LogP contribution in [0, 0.1) is 5.41 Å². The monoisotopic (exact) mass is 287 g/mol. The Balaban J connectivity index is 1.45. The SMILES string of the molecule is CNC1CC(OCCCc2ccccc2)C12CCCCC2. The predicted octanol–water partition coefficient (Wildman–Crippen LogP) is 3.95. The normalized spacial score (nSPS) is 27.5. The van der Waals surface area contributed by atoms with Crippen LogP contribution in [0.25, 0.3) is 0 Å². The Labute approximate surface area is 129 Å². The Kier molecular flexibility index (Phi) is 4.97. The predicted molar refractivity (Wildman–Crippen MR) is 87.5 cm³/mol. The van der Waals surface area contributed by atoms with Gasteiger partial charge in [-0.25, -0.2) is 0 Å². The van der Waals surface area contributed by atoms with E-state index in [9.17, 15) is 0 Å². The maximum absolute atomic E-state index is 6.29. The maximum Gasteiger partial charge on any atom is 0.0661 e. The Morgan fingerprint density at radius 3 is 2.62 bits per heavy atom. The van der Waals surface area contributed by atoms with Gasteiger partial charge in [-0.1, -0.05) is 49.6 Å². The molecular weight excluding hydrogens is 258 g/mol. The summed E-state index contributed by atoms with van der Waals surface area (Å²) in [6.07, 6.45) is 10.9. The Bertz CT molecular complexity index is 424. The minimum atomic E-state index is 0.458. The third-order valence-corrected chi connectivity index (χ3v) is 5.69. The molecule has 3 rings (SSSR count). The Morgan fingerprint density at radius 2 is 1.90 bits per heavy atom. The van der Waals surface area contributed by atoms with Gasteiger partial charge in [0, 0.05) is 18.1 Å². The highest BCUT2D eigenvalue weighted by atomic mass is 16.5. The Morgan fingerprint density at radius 1 is 1.14 bits per heavy atom. The molecule has 21 heavy (non-hydrogen) atoms. The lowest BCUT2D eigenvalue weighted by Crippen LogP contribution is -2.63. The zero-order chi connectivity index (χ0) is 14.5. The molecule has 0 aliphatic heterocycles. The first kappa shape index (κ1) is 15.1. The molecule has 1 N–H and O–H groups in total. The first-order valence-electron chi connectivity index (χ1n) is 8.68. The molecule has 1 spiro atoms. The molecule has 0 aromatic heterocycles. The average Bonchev–Trinajstić information content (AvgIpc) is 2.55. The van der Waals surface area contributed by atoms with Crippen LogP contribution >= 0.6 is 0 Å². The summed E-state index contributed by atoms with van der Waals surface area (Å²) in [5, 5.41) is 3.53. The van der Waals surface area contributed by atoms with Crippen molar-refractivity contribution in [3.63, 3.8) is 0 Å². The standard InChI is InChI=1S/C19H29NO/c1-20-17-15-18(19(17)12-6-3-7-13-19)21-14-8-11-16-9-4-2-5-10-16/h2,4-5,9-10,17-18,20H,3,6-8,11-15H2,1H3. The van der Waals surface area contributed by atoms with Gasteiger partial charge in [-0.05, 0) is 44.7 Å². The van der Waals surface area contributed by atoms with Gasteiger partial charge in [-0.15, -0.1) is 0 Å². The van der Waals surface area contributed by atoms with Crippen LogP contribution in [0.15, 0.2) is 30.3 Å². The molecule has 0 bridgehead atoms. The molecule has 116 valence electrons. The van der Waals surface area contributed by atoms with Crippen LogP contribution in [0.2, 0.25) is 0 Å². The molecule has 0 radical (unpaired) electrons. The molecule has 0 saturated heterocycles. The summed E-state index contributed by atoms with van der Waals surface area (Å²) >= 11 is 0. The topological polar surface area (TPSA) is 21.3 Å². The van der Waals surface area contributed by atoms with Gasteiger partial charge in [-0.3, -0.25) is 0 Å². The highest BCUT2D eigenvalue weighted by molar-refractivity contribution is 5.14. The minimum Gasteiger partial charge on any atom is -0.378 e. The summed E-state index contributed by atoms with van der Waals surface area (Å²) in [4.78, 5) is 0. The highest BCUT2D eigenvalue weighted by Crippen LogP contribution is 2.53. The third-order valence-electron chi connectivity index (χ3n) is 5.69. The summed E-state index contributed by atoms with van der Waals surface area (Å²) in [6, 6.07) is 11.4. The molecule has 2 unspecified atom stereocenters. The fraction of sp³-hybridized carbons (Fsp3) is 0.684. The van der Waals surface area contributed by atoms with Crippen molar-refractivity contribution in [3.05, 3.63) is 35.9 Å². The number of nitrogens with one attached hydrogen (secondary N) is 1. The van der Waals surface area contributed by atoms with Crippen LogP contribution < -0.4 is 5.32 Å². The van der Waals surface area contributed by atoms with E-state index in [1.165, 1.54) is 44.1 Å². The van der Waals surface area contributed by atoms with E-state index in [-0.39, 0.29) is 0 Å². The number of rotatable bonds is 6. The smallest absolute Gasteiger partial charge is 0.0661 e. The van der Waals surface area contributed by atoms with E-state index < -0.39 is 0 Å². The van der Waals surface area contributed by atoms with Crippen molar-refractivity contribution in [1.82, 2.24) is 5.32 Å². The van der Waals surface area contributed by atoms with Crippen LogP contribution in [0.4, 0.5) is 0 Å². The van der Waals surface area contributed by atoms with Gasteiger partial charge in [-0.2, -0.15) is 0 Å². The number of hydrogen-bond donors (Lipinski definition) is 1. The zero-order valence-corrected chi connectivity index (χ0v) is 13.3. The second kappa shape index (κ2) is 6.93. The van der Waals surface area contributed by atoms with E-state index >= 15 is 0 Å². The van der Waals surface area contributed by atoms with Gasteiger partial charge in [0.25, 0.3) is 0 Å². The number of ether oxygens (including phenoxy) is 1. The molecular formula is C19H29NO. The van der Waals surface area contributed by atoms with Gasteiger partial charge in [0.15, 0.2) is 0 Å². The van der Waals surface area contributed by atoms with E-state index in [0.29, 0.717) is 17.6 Å². The summed E-state index contributed by atoms with van der Waals surface area (Å²) in [5.41, 5.74) is 1.88.